The molecule has 0 spiro atoms. The second-order valence-corrected chi connectivity index (χ2v) is 5.87. The lowest BCUT2D eigenvalue weighted by Gasteiger charge is -2.19. The minimum absolute atomic E-state index is 0.0692. The Morgan fingerprint density at radius 3 is 2.90 bits per heavy atom. The highest BCUT2D eigenvalue weighted by atomic mass is 16.5. The van der Waals surface area contributed by atoms with Crippen molar-refractivity contribution in [1.82, 2.24) is 5.32 Å². The number of ether oxygens (including phenoxy) is 1. The largest absolute Gasteiger partial charge is 0.480 e. The van der Waals surface area contributed by atoms with Gasteiger partial charge in [0.15, 0.2) is 6.10 Å². The summed E-state index contributed by atoms with van der Waals surface area (Å²) in [4.78, 5) is 12.3. The fraction of sp³-hybridized carbons (Fsp3) is 0.562. The van der Waals surface area contributed by atoms with Gasteiger partial charge in [-0.25, -0.2) is 0 Å². The van der Waals surface area contributed by atoms with Crippen LogP contribution in [0.1, 0.15) is 37.7 Å². The van der Waals surface area contributed by atoms with E-state index in [2.05, 4.69) is 5.32 Å². The zero-order valence-corrected chi connectivity index (χ0v) is 11.7. The summed E-state index contributed by atoms with van der Waals surface area (Å²) in [6, 6.07) is 7.79. The number of para-hydroxylation sites is 1. The van der Waals surface area contributed by atoms with Gasteiger partial charge >= 0.3 is 0 Å². The van der Waals surface area contributed by atoms with Gasteiger partial charge in [0.1, 0.15) is 5.75 Å². The maximum absolute atomic E-state index is 12.3. The van der Waals surface area contributed by atoms with Crippen molar-refractivity contribution in [2.45, 2.75) is 44.3 Å². The van der Waals surface area contributed by atoms with Gasteiger partial charge in [0, 0.05) is 23.9 Å². The molecule has 4 nitrogen and oxygen atoms in total. The van der Waals surface area contributed by atoms with Crippen LogP contribution in [0.25, 0.3) is 0 Å². The molecule has 1 aromatic rings. The summed E-state index contributed by atoms with van der Waals surface area (Å²) in [7, 11) is 0. The summed E-state index contributed by atoms with van der Waals surface area (Å²) < 4.78 is 5.75. The molecule has 1 amide bonds. The first kappa shape index (κ1) is 13.4. The Hall–Kier alpha value is -1.55. The van der Waals surface area contributed by atoms with Crippen molar-refractivity contribution in [2.24, 2.45) is 5.92 Å². The van der Waals surface area contributed by atoms with Gasteiger partial charge in [-0.15, -0.1) is 0 Å². The third kappa shape index (κ3) is 2.40. The molecule has 4 unspecified atom stereocenters. The third-order valence-corrected chi connectivity index (χ3v) is 4.53. The van der Waals surface area contributed by atoms with Gasteiger partial charge in [0.05, 0.1) is 6.10 Å². The van der Waals surface area contributed by atoms with Crippen molar-refractivity contribution < 1.29 is 14.6 Å². The van der Waals surface area contributed by atoms with E-state index >= 15 is 0 Å². The quantitative estimate of drug-likeness (QED) is 0.884. The van der Waals surface area contributed by atoms with Gasteiger partial charge in [0.25, 0.3) is 5.91 Å². The topological polar surface area (TPSA) is 58.6 Å². The van der Waals surface area contributed by atoms with E-state index in [0.717, 1.165) is 30.6 Å². The number of carbonyl (C=O) groups is 1. The smallest absolute Gasteiger partial charge is 0.261 e. The second kappa shape index (κ2) is 5.44. The van der Waals surface area contributed by atoms with Crippen LogP contribution in [-0.2, 0) is 4.79 Å². The summed E-state index contributed by atoms with van der Waals surface area (Å²) in [6.45, 7) is 2.56. The minimum atomic E-state index is -0.453. The van der Waals surface area contributed by atoms with Gasteiger partial charge in [-0.1, -0.05) is 31.5 Å². The molecule has 0 saturated heterocycles. The summed E-state index contributed by atoms with van der Waals surface area (Å²) >= 11 is 0. The van der Waals surface area contributed by atoms with Crippen LogP contribution in [0.15, 0.2) is 24.3 Å². The number of benzene rings is 1. The van der Waals surface area contributed by atoms with E-state index in [9.17, 15) is 9.90 Å². The molecule has 1 saturated carbocycles. The Morgan fingerprint density at radius 2 is 2.20 bits per heavy atom. The highest BCUT2D eigenvalue weighted by Crippen LogP contribution is 2.37. The molecule has 0 radical (unpaired) electrons. The van der Waals surface area contributed by atoms with Gasteiger partial charge in [-0.2, -0.15) is 0 Å². The lowest BCUT2D eigenvalue weighted by Crippen LogP contribution is -2.42. The number of hydrogen-bond acceptors (Lipinski definition) is 3. The fourth-order valence-electron chi connectivity index (χ4n) is 3.23. The summed E-state index contributed by atoms with van der Waals surface area (Å²) in [5.74, 6) is 0.992. The number of fused-ring (bicyclic) bond motifs is 1. The maximum Gasteiger partial charge on any atom is 0.261 e. The Balaban J connectivity index is 1.59. The second-order valence-electron chi connectivity index (χ2n) is 5.87. The summed E-state index contributed by atoms with van der Waals surface area (Å²) in [6.07, 6.45) is 2.16. The third-order valence-electron chi connectivity index (χ3n) is 4.53. The zero-order valence-electron chi connectivity index (χ0n) is 11.7. The van der Waals surface area contributed by atoms with Crippen LogP contribution in [0.2, 0.25) is 0 Å². The van der Waals surface area contributed by atoms with Crippen LogP contribution in [0, 0.1) is 5.92 Å². The molecule has 20 heavy (non-hydrogen) atoms. The fourth-order valence-corrected chi connectivity index (χ4v) is 3.23. The average molecular weight is 275 g/mol. The summed E-state index contributed by atoms with van der Waals surface area (Å²) in [5.41, 5.74) is 1.09. The molecule has 2 N–H and O–H groups in total. The number of hydrogen-bond donors (Lipinski definition) is 2. The van der Waals surface area contributed by atoms with E-state index in [1.165, 1.54) is 0 Å². The van der Waals surface area contributed by atoms with Crippen molar-refractivity contribution in [3.63, 3.8) is 0 Å². The lowest BCUT2D eigenvalue weighted by atomic mass is 9.97. The molecule has 1 aliphatic carbocycles. The minimum Gasteiger partial charge on any atom is -0.480 e. The number of amides is 1. The van der Waals surface area contributed by atoms with E-state index in [1.807, 2.05) is 31.2 Å². The highest BCUT2D eigenvalue weighted by molar-refractivity contribution is 5.83. The molecule has 1 heterocycles. The molecule has 0 bridgehead atoms. The van der Waals surface area contributed by atoms with Crippen molar-refractivity contribution in [2.75, 3.05) is 6.54 Å². The van der Waals surface area contributed by atoms with Crippen LogP contribution in [0.4, 0.5) is 0 Å². The predicted molar refractivity (Wildman–Crippen MR) is 75.6 cm³/mol. The molecular weight excluding hydrogens is 254 g/mol. The van der Waals surface area contributed by atoms with Crippen LogP contribution in [-0.4, -0.2) is 29.8 Å². The average Bonchev–Trinajstić information content (AvgIpc) is 3.01. The van der Waals surface area contributed by atoms with E-state index in [1.54, 1.807) is 0 Å². The molecular formula is C16H21NO3. The van der Waals surface area contributed by atoms with Gasteiger partial charge in [0.2, 0.25) is 0 Å². The van der Waals surface area contributed by atoms with Gasteiger partial charge in [-0.05, 0) is 18.9 Å². The molecule has 3 rings (SSSR count). The number of aliphatic hydroxyl groups excluding tert-OH is 1. The Labute approximate surface area is 119 Å². The van der Waals surface area contributed by atoms with Crippen molar-refractivity contribution >= 4 is 5.91 Å². The maximum atomic E-state index is 12.3. The van der Waals surface area contributed by atoms with Crippen molar-refractivity contribution in [3.8, 4) is 5.75 Å². The Kier molecular flexibility index (Phi) is 3.66. The normalized spacial score (nSPS) is 31.7. The van der Waals surface area contributed by atoms with Crippen LogP contribution < -0.4 is 10.1 Å². The molecule has 0 aromatic heterocycles. The first-order chi connectivity index (χ1) is 9.66. The number of carbonyl (C=O) groups excluding carboxylic acids is 1. The van der Waals surface area contributed by atoms with Crippen LogP contribution >= 0.6 is 0 Å². The number of nitrogens with one attached hydrogen (secondary N) is 1. The van der Waals surface area contributed by atoms with Gasteiger partial charge in [-0.3, -0.25) is 4.79 Å². The molecule has 1 fully saturated rings. The zero-order chi connectivity index (χ0) is 14.1. The number of aliphatic hydroxyl groups is 1. The molecule has 1 aromatic carbocycles. The molecule has 108 valence electrons. The van der Waals surface area contributed by atoms with Crippen LogP contribution in [0.5, 0.6) is 5.75 Å². The predicted octanol–water partition coefficient (Wildman–Crippen LogP) is 1.83. The van der Waals surface area contributed by atoms with E-state index in [-0.39, 0.29) is 23.8 Å². The molecule has 4 heteroatoms. The molecule has 4 atom stereocenters. The van der Waals surface area contributed by atoms with E-state index in [4.69, 9.17) is 4.74 Å². The first-order valence-electron chi connectivity index (χ1n) is 7.38. The highest BCUT2D eigenvalue weighted by Gasteiger charge is 2.36. The van der Waals surface area contributed by atoms with E-state index < -0.39 is 6.10 Å². The first-order valence-corrected chi connectivity index (χ1v) is 7.38. The SMILES string of the molecule is CC1c2ccccc2OC1C(=O)NCC1CCCC1O. The van der Waals surface area contributed by atoms with Crippen molar-refractivity contribution in [1.29, 1.82) is 0 Å². The molecule has 1 aliphatic heterocycles. The summed E-state index contributed by atoms with van der Waals surface area (Å²) in [5, 5.41) is 12.7. The van der Waals surface area contributed by atoms with Gasteiger partial charge < -0.3 is 15.2 Å². The lowest BCUT2D eigenvalue weighted by molar-refractivity contribution is -0.128. The molecule has 2 aliphatic rings. The van der Waals surface area contributed by atoms with E-state index in [0.29, 0.717) is 6.54 Å². The Morgan fingerprint density at radius 1 is 1.40 bits per heavy atom. The Bertz CT molecular complexity index is 502. The standard InChI is InChI=1S/C16H21NO3/c1-10-12-6-2-3-8-14(12)20-15(10)16(19)17-9-11-5-4-7-13(11)18/h2-3,6,8,10-11,13,15,18H,4-5,7,9H2,1H3,(H,17,19). The monoisotopic (exact) mass is 275 g/mol. The van der Waals surface area contributed by atoms with Crippen LogP contribution in [0.3, 0.4) is 0 Å². The number of rotatable bonds is 3. The van der Waals surface area contributed by atoms with Crippen molar-refractivity contribution in [3.05, 3.63) is 29.8 Å².